The van der Waals surface area contributed by atoms with E-state index in [2.05, 4.69) is 22.1 Å². The number of thiocarbonyl (C=S) groups is 1. The number of rotatable bonds is 2. The van der Waals surface area contributed by atoms with Crippen LogP contribution in [0.5, 0.6) is 0 Å². The Bertz CT molecular complexity index is 1250. The minimum absolute atomic E-state index is 0.00978. The highest BCUT2D eigenvalue weighted by Crippen LogP contribution is 2.29. The minimum atomic E-state index is -0.237. The predicted octanol–water partition coefficient (Wildman–Crippen LogP) is 3.92. The van der Waals surface area contributed by atoms with E-state index in [1.165, 1.54) is 18.7 Å². The third-order valence-electron chi connectivity index (χ3n) is 3.97. The number of pyridine rings is 1. The minimum Gasteiger partial charge on any atom is -0.455 e. The van der Waals surface area contributed by atoms with Gasteiger partial charge >= 0.3 is 0 Å². The lowest BCUT2D eigenvalue weighted by Crippen LogP contribution is -2.17. The molecule has 1 aliphatic heterocycles. The van der Waals surface area contributed by atoms with E-state index in [1.54, 1.807) is 42.7 Å². The van der Waals surface area contributed by atoms with E-state index in [-0.39, 0.29) is 11.7 Å². The van der Waals surface area contributed by atoms with Gasteiger partial charge in [0.25, 0.3) is 5.91 Å². The smallest absolute Gasteiger partial charge is 0.263 e. The molecule has 0 atom stereocenters. The molecule has 1 aromatic carbocycles. The van der Waals surface area contributed by atoms with Gasteiger partial charge in [-0.3, -0.25) is 14.6 Å². The van der Waals surface area contributed by atoms with Gasteiger partial charge in [-0.25, -0.2) is 0 Å². The lowest BCUT2D eigenvalue weighted by atomic mass is 10.1. The zero-order chi connectivity index (χ0) is 19.7. The molecule has 4 rings (SSSR count). The Morgan fingerprint density at radius 2 is 2.14 bits per heavy atom. The second kappa shape index (κ2) is 7.43. The first-order valence-corrected chi connectivity index (χ1v) is 9.47. The fourth-order valence-corrected chi connectivity index (χ4v) is 3.67. The van der Waals surface area contributed by atoms with Crippen LogP contribution in [0.1, 0.15) is 34.2 Å². The summed E-state index contributed by atoms with van der Waals surface area (Å²) in [5.74, 6) is 6.36. The molecular formula is C21H12N2O3S2. The van der Waals surface area contributed by atoms with E-state index in [0.717, 1.165) is 10.9 Å². The number of carbonyl (C=O) groups excluding carboxylic acids is 2. The SMILES string of the molecule is CC(=O)c1cccc(C#Cc2cncc3cc(/C=C4/SC(=S)NC4=O)oc23)c1. The highest BCUT2D eigenvalue weighted by atomic mass is 32.2. The summed E-state index contributed by atoms with van der Waals surface area (Å²) in [7, 11) is 0. The van der Waals surface area contributed by atoms with Crippen molar-refractivity contribution in [1.29, 1.82) is 0 Å². The summed E-state index contributed by atoms with van der Waals surface area (Å²) in [6.45, 7) is 1.52. The van der Waals surface area contributed by atoms with Crippen LogP contribution in [0.4, 0.5) is 0 Å². The van der Waals surface area contributed by atoms with Crippen molar-refractivity contribution in [2.24, 2.45) is 0 Å². The number of furan rings is 1. The Morgan fingerprint density at radius 3 is 2.89 bits per heavy atom. The largest absolute Gasteiger partial charge is 0.455 e. The van der Waals surface area contributed by atoms with Crippen LogP contribution in [0.2, 0.25) is 0 Å². The Labute approximate surface area is 170 Å². The maximum Gasteiger partial charge on any atom is 0.263 e. The monoisotopic (exact) mass is 404 g/mol. The number of benzene rings is 1. The third-order valence-corrected chi connectivity index (χ3v) is 5.13. The van der Waals surface area contributed by atoms with Gasteiger partial charge in [0.2, 0.25) is 0 Å². The molecule has 136 valence electrons. The Morgan fingerprint density at radius 1 is 1.29 bits per heavy atom. The number of hydrogen-bond donors (Lipinski definition) is 1. The number of thioether (sulfide) groups is 1. The quantitative estimate of drug-likeness (QED) is 0.302. The first-order valence-electron chi connectivity index (χ1n) is 8.25. The first-order chi connectivity index (χ1) is 13.5. The van der Waals surface area contributed by atoms with Crippen LogP contribution >= 0.6 is 24.0 Å². The van der Waals surface area contributed by atoms with Crippen LogP contribution in [0, 0.1) is 11.8 Å². The summed E-state index contributed by atoms with van der Waals surface area (Å²) >= 11 is 6.19. The summed E-state index contributed by atoms with van der Waals surface area (Å²) in [5, 5.41) is 3.35. The molecule has 0 bridgehead atoms. The van der Waals surface area contributed by atoms with E-state index in [0.29, 0.717) is 31.7 Å². The standard InChI is InChI=1S/C21H12N2O3S2/c1-12(24)14-4-2-3-13(7-14)5-6-15-10-22-11-16-8-17(26-19(15)16)9-18-20(25)23-21(27)28-18/h2-4,7-11H,1H3,(H,23,25,27)/b18-9+. The highest BCUT2D eigenvalue weighted by molar-refractivity contribution is 8.26. The van der Waals surface area contributed by atoms with Crippen molar-refractivity contribution in [2.45, 2.75) is 6.92 Å². The predicted molar refractivity (Wildman–Crippen MR) is 113 cm³/mol. The van der Waals surface area contributed by atoms with Gasteiger partial charge in [0.1, 0.15) is 10.1 Å². The number of hydrogen-bond acceptors (Lipinski definition) is 6. The van der Waals surface area contributed by atoms with Crippen molar-refractivity contribution in [3.63, 3.8) is 0 Å². The average Bonchev–Trinajstić information content (AvgIpc) is 3.22. The Kier molecular flexibility index (Phi) is 4.82. The van der Waals surface area contributed by atoms with Crippen molar-refractivity contribution in [3.8, 4) is 11.8 Å². The van der Waals surface area contributed by atoms with Crippen LogP contribution in [-0.2, 0) is 4.79 Å². The molecule has 7 heteroatoms. The summed E-state index contributed by atoms with van der Waals surface area (Å²) in [6.07, 6.45) is 4.94. The molecule has 3 heterocycles. The Hall–Kier alpha value is -3.21. The van der Waals surface area contributed by atoms with Gasteiger partial charge in [0.15, 0.2) is 11.4 Å². The van der Waals surface area contributed by atoms with Gasteiger partial charge in [-0.05, 0) is 25.1 Å². The van der Waals surface area contributed by atoms with Crippen molar-refractivity contribution in [3.05, 3.63) is 70.1 Å². The average molecular weight is 404 g/mol. The molecule has 5 nitrogen and oxygen atoms in total. The highest BCUT2D eigenvalue weighted by Gasteiger charge is 2.22. The zero-order valence-corrected chi connectivity index (χ0v) is 16.2. The van der Waals surface area contributed by atoms with Crippen molar-refractivity contribution in [2.75, 3.05) is 0 Å². The fraction of sp³-hybridized carbons (Fsp3) is 0.0476. The van der Waals surface area contributed by atoms with Crippen LogP contribution < -0.4 is 5.32 Å². The first kappa shape index (κ1) is 18.2. The number of Topliss-reactive ketones (excluding diaryl/α,β-unsaturated/α-hetero) is 1. The molecule has 1 amide bonds. The second-order valence-corrected chi connectivity index (χ2v) is 7.71. The van der Waals surface area contributed by atoms with Crippen molar-refractivity contribution < 1.29 is 14.0 Å². The maximum absolute atomic E-state index is 11.8. The van der Waals surface area contributed by atoms with Crippen molar-refractivity contribution >= 4 is 57.0 Å². The zero-order valence-electron chi connectivity index (χ0n) is 14.6. The normalized spacial score (nSPS) is 14.8. The number of ketones is 1. The van der Waals surface area contributed by atoms with E-state index >= 15 is 0 Å². The molecular weight excluding hydrogens is 392 g/mol. The number of nitrogens with zero attached hydrogens (tertiary/aromatic N) is 1. The van der Waals surface area contributed by atoms with Gasteiger partial charge in [-0.2, -0.15) is 0 Å². The topological polar surface area (TPSA) is 72.2 Å². The lowest BCUT2D eigenvalue weighted by Gasteiger charge is -1.96. The van der Waals surface area contributed by atoms with Crippen LogP contribution in [0.3, 0.4) is 0 Å². The van der Waals surface area contributed by atoms with Crippen LogP contribution in [0.25, 0.3) is 17.0 Å². The summed E-state index contributed by atoms with van der Waals surface area (Å²) < 4.78 is 6.31. The van der Waals surface area contributed by atoms with E-state index < -0.39 is 0 Å². The van der Waals surface area contributed by atoms with Crippen molar-refractivity contribution in [1.82, 2.24) is 10.3 Å². The van der Waals surface area contributed by atoms with E-state index in [1.807, 2.05) is 6.07 Å². The van der Waals surface area contributed by atoms with Crippen LogP contribution in [0.15, 0.2) is 52.0 Å². The number of nitrogens with one attached hydrogen (secondary N) is 1. The summed E-state index contributed by atoms with van der Waals surface area (Å²) in [6, 6.07) is 8.94. The number of carbonyl (C=O) groups is 2. The molecule has 1 fully saturated rings. The number of aromatic nitrogens is 1. The molecule has 1 N–H and O–H groups in total. The molecule has 28 heavy (non-hydrogen) atoms. The number of fused-ring (bicyclic) bond motifs is 1. The number of amides is 1. The van der Waals surface area contributed by atoms with Gasteiger partial charge in [0.05, 0.1) is 10.5 Å². The second-order valence-electron chi connectivity index (χ2n) is 5.99. The molecule has 0 spiro atoms. The maximum atomic E-state index is 11.8. The van der Waals surface area contributed by atoms with E-state index in [9.17, 15) is 9.59 Å². The summed E-state index contributed by atoms with van der Waals surface area (Å²) in [5.41, 5.74) is 2.55. The third kappa shape index (κ3) is 3.74. The molecule has 1 saturated heterocycles. The molecule has 1 aliphatic rings. The summed E-state index contributed by atoms with van der Waals surface area (Å²) in [4.78, 5) is 28.0. The molecule has 0 radical (unpaired) electrons. The van der Waals surface area contributed by atoms with Gasteiger partial charge in [-0.1, -0.05) is 48.0 Å². The molecule has 0 unspecified atom stereocenters. The molecule has 0 saturated carbocycles. The Balaban J connectivity index is 1.70. The molecule has 3 aromatic rings. The van der Waals surface area contributed by atoms with Crippen LogP contribution in [-0.4, -0.2) is 21.0 Å². The molecule has 0 aliphatic carbocycles. The van der Waals surface area contributed by atoms with Gasteiger partial charge in [-0.15, -0.1) is 0 Å². The lowest BCUT2D eigenvalue weighted by molar-refractivity contribution is -0.115. The van der Waals surface area contributed by atoms with Gasteiger partial charge in [0, 0.05) is 35.0 Å². The van der Waals surface area contributed by atoms with E-state index in [4.69, 9.17) is 16.6 Å². The van der Waals surface area contributed by atoms with Gasteiger partial charge < -0.3 is 9.73 Å². The molecule has 2 aromatic heterocycles. The fourth-order valence-electron chi connectivity index (χ4n) is 2.65.